The molecule has 0 saturated heterocycles. The fourth-order valence-electron chi connectivity index (χ4n) is 2.87. The monoisotopic (exact) mass is 369 g/mol. The molecule has 0 fully saturated rings. The lowest BCUT2D eigenvalue weighted by molar-refractivity contribution is -0.125. The van der Waals surface area contributed by atoms with Crippen molar-refractivity contribution in [2.75, 3.05) is 0 Å². The maximum Gasteiger partial charge on any atom is 0.225 e. The number of pyridine rings is 1. The molecule has 0 bridgehead atoms. The van der Waals surface area contributed by atoms with E-state index in [4.69, 9.17) is 0 Å². The Bertz CT molecular complexity index is 844. The van der Waals surface area contributed by atoms with Gasteiger partial charge in [0.05, 0.1) is 18.5 Å². The number of carbonyl (C=O) groups is 1. The molecule has 0 radical (unpaired) electrons. The number of hydrogen-bond acceptors (Lipinski definition) is 5. The number of aromatic nitrogens is 4. The fraction of sp³-hybridized carbons (Fsp3) is 0.368. The van der Waals surface area contributed by atoms with Crippen LogP contribution in [0.3, 0.4) is 0 Å². The van der Waals surface area contributed by atoms with Gasteiger partial charge in [0, 0.05) is 12.4 Å². The van der Waals surface area contributed by atoms with Crippen LogP contribution in [0, 0.1) is 19.8 Å². The highest BCUT2D eigenvalue weighted by Crippen LogP contribution is 2.20. The van der Waals surface area contributed by atoms with Gasteiger partial charge in [-0.1, -0.05) is 13.0 Å². The Labute approximate surface area is 157 Å². The second-order valence-corrected chi connectivity index (χ2v) is 7.25. The average molecular weight is 369 g/mol. The van der Waals surface area contributed by atoms with Crippen molar-refractivity contribution < 1.29 is 4.79 Å². The van der Waals surface area contributed by atoms with Crippen molar-refractivity contribution in [2.45, 2.75) is 39.8 Å². The van der Waals surface area contributed by atoms with E-state index in [0.717, 1.165) is 23.6 Å². The van der Waals surface area contributed by atoms with Crippen LogP contribution in [0.5, 0.6) is 0 Å². The van der Waals surface area contributed by atoms with Crippen molar-refractivity contribution in [1.82, 2.24) is 25.1 Å². The second-order valence-electron chi connectivity index (χ2n) is 6.47. The minimum atomic E-state index is -0.212. The predicted molar refractivity (Wildman–Crippen MR) is 102 cm³/mol. The van der Waals surface area contributed by atoms with Gasteiger partial charge in [-0.2, -0.15) is 16.4 Å². The molecule has 136 valence electrons. The van der Waals surface area contributed by atoms with E-state index in [9.17, 15) is 4.79 Å². The normalized spacial score (nSPS) is 13.3. The lowest BCUT2D eigenvalue weighted by atomic mass is 10.0. The van der Waals surface area contributed by atoms with Gasteiger partial charge in [-0.25, -0.2) is 9.67 Å². The highest BCUT2D eigenvalue weighted by molar-refractivity contribution is 7.07. The summed E-state index contributed by atoms with van der Waals surface area (Å²) in [6.07, 6.45) is 4.30. The largest absolute Gasteiger partial charge is 0.349 e. The molecule has 3 aromatic rings. The molecule has 3 rings (SSSR count). The number of thiophene rings is 1. The summed E-state index contributed by atoms with van der Waals surface area (Å²) < 4.78 is 1.79. The van der Waals surface area contributed by atoms with Crippen molar-refractivity contribution in [3.63, 3.8) is 0 Å². The Balaban J connectivity index is 1.71. The van der Waals surface area contributed by atoms with Crippen LogP contribution in [0.15, 0.2) is 41.4 Å². The Morgan fingerprint density at radius 2 is 2.19 bits per heavy atom. The summed E-state index contributed by atoms with van der Waals surface area (Å²) >= 11 is 1.66. The first kappa shape index (κ1) is 18.3. The van der Waals surface area contributed by atoms with Crippen molar-refractivity contribution in [1.29, 1.82) is 0 Å². The standard InChI is InChI=1S/C19H23N5OS/c1-13(11-24-15(3)21-14(2)23-24)19(25)22-18(9-16-6-8-26-12-16)17-5-4-7-20-10-17/h4-8,10,12-13,18H,9,11H2,1-3H3,(H,22,25). The highest BCUT2D eigenvalue weighted by atomic mass is 32.1. The molecular formula is C19H23N5OS. The third kappa shape index (κ3) is 4.54. The molecule has 3 aromatic heterocycles. The molecule has 0 aliphatic rings. The van der Waals surface area contributed by atoms with E-state index in [1.807, 2.05) is 39.1 Å². The molecule has 3 heterocycles. The van der Waals surface area contributed by atoms with Crippen LogP contribution in [0.4, 0.5) is 0 Å². The first-order chi connectivity index (χ1) is 12.5. The van der Waals surface area contributed by atoms with Gasteiger partial charge in [0.15, 0.2) is 0 Å². The van der Waals surface area contributed by atoms with Gasteiger partial charge in [0.2, 0.25) is 5.91 Å². The molecule has 0 spiro atoms. The SMILES string of the molecule is Cc1nc(C)n(CC(C)C(=O)NC(Cc2ccsc2)c2cccnc2)n1. The molecule has 6 nitrogen and oxygen atoms in total. The van der Waals surface area contributed by atoms with E-state index in [1.54, 1.807) is 22.2 Å². The summed E-state index contributed by atoms with van der Waals surface area (Å²) in [5, 5.41) is 11.7. The number of hydrogen-bond donors (Lipinski definition) is 1. The van der Waals surface area contributed by atoms with Gasteiger partial charge in [0.25, 0.3) is 0 Å². The molecule has 2 unspecified atom stereocenters. The molecule has 26 heavy (non-hydrogen) atoms. The topological polar surface area (TPSA) is 72.7 Å². The summed E-state index contributed by atoms with van der Waals surface area (Å²) in [6.45, 7) is 6.18. The number of amides is 1. The third-order valence-electron chi connectivity index (χ3n) is 4.28. The first-order valence-corrected chi connectivity index (χ1v) is 9.56. The van der Waals surface area contributed by atoms with Gasteiger partial charge in [-0.3, -0.25) is 9.78 Å². The Hall–Kier alpha value is -2.54. The van der Waals surface area contributed by atoms with Crippen LogP contribution in [0.25, 0.3) is 0 Å². The smallest absolute Gasteiger partial charge is 0.225 e. The number of carbonyl (C=O) groups excluding carboxylic acids is 1. The number of nitrogens with zero attached hydrogens (tertiary/aromatic N) is 4. The third-order valence-corrected chi connectivity index (χ3v) is 5.01. The van der Waals surface area contributed by atoms with Crippen molar-refractivity contribution in [2.24, 2.45) is 5.92 Å². The van der Waals surface area contributed by atoms with E-state index in [1.165, 1.54) is 5.56 Å². The minimum absolute atomic E-state index is 0.00151. The molecule has 0 saturated carbocycles. The summed E-state index contributed by atoms with van der Waals surface area (Å²) in [5.74, 6) is 1.34. The second kappa shape index (κ2) is 8.23. The van der Waals surface area contributed by atoms with Crippen LogP contribution >= 0.6 is 11.3 Å². The number of aryl methyl sites for hydroxylation is 2. The predicted octanol–water partition coefficient (Wildman–Crippen LogP) is 3.09. The lowest BCUT2D eigenvalue weighted by Crippen LogP contribution is -2.36. The summed E-state index contributed by atoms with van der Waals surface area (Å²) in [5.41, 5.74) is 2.21. The zero-order valence-electron chi connectivity index (χ0n) is 15.2. The molecule has 0 aliphatic heterocycles. The van der Waals surface area contributed by atoms with Crippen LogP contribution in [0.1, 0.15) is 35.7 Å². The first-order valence-electron chi connectivity index (χ1n) is 8.62. The quantitative estimate of drug-likeness (QED) is 0.695. The van der Waals surface area contributed by atoms with Crippen LogP contribution in [0.2, 0.25) is 0 Å². The fourth-order valence-corrected chi connectivity index (χ4v) is 3.55. The maximum absolute atomic E-state index is 12.8. The van der Waals surface area contributed by atoms with E-state index in [2.05, 4.69) is 37.2 Å². The Morgan fingerprint density at radius 1 is 1.35 bits per heavy atom. The molecule has 0 aromatic carbocycles. The Morgan fingerprint density at radius 3 is 2.81 bits per heavy atom. The minimum Gasteiger partial charge on any atom is -0.349 e. The van der Waals surface area contributed by atoms with Gasteiger partial charge in [-0.15, -0.1) is 0 Å². The van der Waals surface area contributed by atoms with Crippen LogP contribution in [-0.4, -0.2) is 25.7 Å². The highest BCUT2D eigenvalue weighted by Gasteiger charge is 2.21. The molecule has 2 atom stereocenters. The summed E-state index contributed by atoms with van der Waals surface area (Å²) in [6, 6.07) is 5.88. The Kier molecular flexibility index (Phi) is 5.78. The summed E-state index contributed by atoms with van der Waals surface area (Å²) in [7, 11) is 0. The zero-order chi connectivity index (χ0) is 18.5. The lowest BCUT2D eigenvalue weighted by Gasteiger charge is -2.21. The molecular weight excluding hydrogens is 346 g/mol. The van der Waals surface area contributed by atoms with Crippen LogP contribution < -0.4 is 5.32 Å². The molecule has 1 N–H and O–H groups in total. The van der Waals surface area contributed by atoms with Gasteiger partial charge in [0.1, 0.15) is 11.6 Å². The van der Waals surface area contributed by atoms with E-state index < -0.39 is 0 Å². The van der Waals surface area contributed by atoms with Crippen molar-refractivity contribution in [3.8, 4) is 0 Å². The summed E-state index contributed by atoms with van der Waals surface area (Å²) in [4.78, 5) is 21.3. The van der Waals surface area contributed by atoms with Crippen molar-refractivity contribution >= 4 is 17.2 Å². The van der Waals surface area contributed by atoms with E-state index in [0.29, 0.717) is 6.54 Å². The average Bonchev–Trinajstić information content (AvgIpc) is 3.24. The molecule has 0 aliphatic carbocycles. The number of nitrogens with one attached hydrogen (secondary N) is 1. The van der Waals surface area contributed by atoms with E-state index in [-0.39, 0.29) is 17.9 Å². The van der Waals surface area contributed by atoms with Gasteiger partial charge in [-0.05, 0) is 54.3 Å². The maximum atomic E-state index is 12.8. The van der Waals surface area contributed by atoms with Crippen molar-refractivity contribution in [3.05, 3.63) is 64.1 Å². The van der Waals surface area contributed by atoms with Gasteiger partial charge >= 0.3 is 0 Å². The van der Waals surface area contributed by atoms with Gasteiger partial charge < -0.3 is 5.32 Å². The number of rotatable bonds is 7. The van der Waals surface area contributed by atoms with Crippen LogP contribution in [-0.2, 0) is 17.8 Å². The molecule has 1 amide bonds. The van der Waals surface area contributed by atoms with E-state index >= 15 is 0 Å². The zero-order valence-corrected chi connectivity index (χ0v) is 16.0. The molecule has 7 heteroatoms.